The second kappa shape index (κ2) is 5.38. The number of amides is 1. The zero-order valence-corrected chi connectivity index (χ0v) is 13.3. The minimum atomic E-state index is -0.137. The van der Waals surface area contributed by atoms with Gasteiger partial charge < -0.3 is 10.3 Å². The summed E-state index contributed by atoms with van der Waals surface area (Å²) in [5.41, 5.74) is 2.13. The van der Waals surface area contributed by atoms with E-state index in [-0.39, 0.29) is 17.2 Å². The van der Waals surface area contributed by atoms with E-state index in [0.717, 1.165) is 28.8 Å². The standard InChI is InChI=1S/C17H21ClN2O/c1-17(2,10-20-16(21)11-4-3-5-11)14-9-19-15-7-6-12(18)8-13(14)15/h6-9,11,19H,3-5,10H2,1-2H3,(H,20,21). The molecule has 4 heteroatoms. The Kier molecular flexibility index (Phi) is 3.70. The van der Waals surface area contributed by atoms with Gasteiger partial charge in [0.1, 0.15) is 0 Å². The van der Waals surface area contributed by atoms with Crippen molar-refractivity contribution in [2.75, 3.05) is 6.54 Å². The molecule has 21 heavy (non-hydrogen) atoms. The number of benzene rings is 1. The molecule has 0 spiro atoms. The number of carbonyl (C=O) groups is 1. The summed E-state index contributed by atoms with van der Waals surface area (Å²) in [7, 11) is 0. The predicted molar refractivity (Wildman–Crippen MR) is 86.7 cm³/mol. The zero-order chi connectivity index (χ0) is 15.0. The van der Waals surface area contributed by atoms with Gasteiger partial charge in [0.05, 0.1) is 0 Å². The summed E-state index contributed by atoms with van der Waals surface area (Å²) >= 11 is 6.11. The van der Waals surface area contributed by atoms with Crippen molar-refractivity contribution in [1.82, 2.24) is 10.3 Å². The molecule has 1 aromatic heterocycles. The number of fused-ring (bicyclic) bond motifs is 1. The van der Waals surface area contributed by atoms with Crippen molar-refractivity contribution in [2.24, 2.45) is 5.92 Å². The van der Waals surface area contributed by atoms with Gasteiger partial charge in [0.25, 0.3) is 0 Å². The third kappa shape index (κ3) is 2.80. The lowest BCUT2D eigenvalue weighted by molar-refractivity contribution is -0.127. The fraction of sp³-hybridized carbons (Fsp3) is 0.471. The van der Waals surface area contributed by atoms with Crippen molar-refractivity contribution in [1.29, 1.82) is 0 Å². The number of halogens is 1. The van der Waals surface area contributed by atoms with E-state index >= 15 is 0 Å². The molecule has 1 aliphatic rings. The Morgan fingerprint density at radius 3 is 2.86 bits per heavy atom. The van der Waals surface area contributed by atoms with E-state index in [2.05, 4.69) is 24.1 Å². The summed E-state index contributed by atoms with van der Waals surface area (Å²) in [6.07, 6.45) is 5.28. The highest BCUT2D eigenvalue weighted by Crippen LogP contribution is 2.32. The van der Waals surface area contributed by atoms with Gasteiger partial charge in [-0.3, -0.25) is 4.79 Å². The van der Waals surface area contributed by atoms with Crippen molar-refractivity contribution >= 4 is 28.4 Å². The Morgan fingerprint density at radius 1 is 1.43 bits per heavy atom. The molecule has 0 bridgehead atoms. The van der Waals surface area contributed by atoms with E-state index in [1.165, 1.54) is 12.0 Å². The van der Waals surface area contributed by atoms with Gasteiger partial charge in [0.2, 0.25) is 5.91 Å². The largest absolute Gasteiger partial charge is 0.361 e. The number of carbonyl (C=O) groups excluding carboxylic acids is 1. The lowest BCUT2D eigenvalue weighted by Gasteiger charge is -2.29. The summed E-state index contributed by atoms with van der Waals surface area (Å²) < 4.78 is 0. The molecule has 1 amide bonds. The van der Waals surface area contributed by atoms with Crippen molar-refractivity contribution in [3.63, 3.8) is 0 Å². The van der Waals surface area contributed by atoms with Gasteiger partial charge in [0, 0.05) is 40.0 Å². The molecule has 112 valence electrons. The first-order valence-electron chi connectivity index (χ1n) is 7.52. The molecule has 1 aromatic carbocycles. The quantitative estimate of drug-likeness (QED) is 0.880. The summed E-state index contributed by atoms with van der Waals surface area (Å²) in [6.45, 7) is 4.94. The van der Waals surface area contributed by atoms with Crippen molar-refractivity contribution in [3.8, 4) is 0 Å². The molecule has 1 saturated carbocycles. The van der Waals surface area contributed by atoms with Gasteiger partial charge in [-0.25, -0.2) is 0 Å². The predicted octanol–water partition coefficient (Wildman–Crippen LogP) is 4.02. The number of hydrogen-bond donors (Lipinski definition) is 2. The highest BCUT2D eigenvalue weighted by atomic mass is 35.5. The van der Waals surface area contributed by atoms with Crippen molar-refractivity contribution in [3.05, 3.63) is 35.0 Å². The Labute approximate surface area is 130 Å². The van der Waals surface area contributed by atoms with Crippen LogP contribution in [0, 0.1) is 5.92 Å². The SMILES string of the molecule is CC(C)(CNC(=O)C1CCC1)c1c[nH]c2ccc(Cl)cc12. The summed E-state index contributed by atoms with van der Waals surface area (Å²) in [5.74, 6) is 0.436. The molecule has 0 aliphatic heterocycles. The Bertz CT molecular complexity index is 670. The lowest BCUT2D eigenvalue weighted by Crippen LogP contribution is -2.41. The normalized spacial score (nSPS) is 16.0. The molecule has 1 heterocycles. The highest BCUT2D eigenvalue weighted by molar-refractivity contribution is 6.31. The lowest BCUT2D eigenvalue weighted by atomic mass is 9.82. The molecule has 1 fully saturated rings. The highest BCUT2D eigenvalue weighted by Gasteiger charge is 2.29. The number of hydrogen-bond acceptors (Lipinski definition) is 1. The van der Waals surface area contributed by atoms with E-state index in [9.17, 15) is 4.79 Å². The van der Waals surface area contributed by atoms with E-state index < -0.39 is 0 Å². The molecule has 2 N–H and O–H groups in total. The fourth-order valence-corrected chi connectivity index (χ4v) is 3.04. The molecule has 3 rings (SSSR count). The topological polar surface area (TPSA) is 44.9 Å². The van der Waals surface area contributed by atoms with E-state index in [1.54, 1.807) is 0 Å². The minimum absolute atomic E-state index is 0.137. The average molecular weight is 305 g/mol. The van der Waals surface area contributed by atoms with Crippen LogP contribution in [0.3, 0.4) is 0 Å². The summed E-state index contributed by atoms with van der Waals surface area (Å²) in [6, 6.07) is 5.86. The van der Waals surface area contributed by atoms with Crippen LogP contribution in [0.1, 0.15) is 38.7 Å². The third-order valence-electron chi connectivity index (χ3n) is 4.55. The first-order valence-corrected chi connectivity index (χ1v) is 7.90. The molecule has 3 nitrogen and oxygen atoms in total. The number of aromatic nitrogens is 1. The van der Waals surface area contributed by atoms with Crippen LogP contribution in [0.2, 0.25) is 5.02 Å². The average Bonchev–Trinajstić information content (AvgIpc) is 2.78. The van der Waals surface area contributed by atoms with Crippen LogP contribution in [0.25, 0.3) is 10.9 Å². The van der Waals surface area contributed by atoms with Gasteiger partial charge in [-0.1, -0.05) is 31.9 Å². The number of rotatable bonds is 4. The molecule has 0 saturated heterocycles. The Morgan fingerprint density at radius 2 is 2.19 bits per heavy atom. The molecular formula is C17H21ClN2O. The Hall–Kier alpha value is -1.48. The van der Waals surface area contributed by atoms with Crippen LogP contribution in [0.5, 0.6) is 0 Å². The maximum Gasteiger partial charge on any atom is 0.223 e. The van der Waals surface area contributed by atoms with Gasteiger partial charge in [-0.2, -0.15) is 0 Å². The molecule has 0 radical (unpaired) electrons. The molecule has 0 atom stereocenters. The van der Waals surface area contributed by atoms with E-state index in [1.807, 2.05) is 24.4 Å². The van der Waals surface area contributed by atoms with Crippen LogP contribution in [-0.4, -0.2) is 17.4 Å². The van der Waals surface area contributed by atoms with E-state index in [0.29, 0.717) is 6.54 Å². The maximum absolute atomic E-state index is 12.0. The van der Waals surface area contributed by atoms with Crippen LogP contribution < -0.4 is 5.32 Å². The molecule has 0 unspecified atom stereocenters. The first-order chi connectivity index (χ1) is 9.97. The fourth-order valence-electron chi connectivity index (χ4n) is 2.87. The van der Waals surface area contributed by atoms with Crippen molar-refractivity contribution < 1.29 is 4.79 Å². The van der Waals surface area contributed by atoms with Gasteiger partial charge in [0.15, 0.2) is 0 Å². The third-order valence-corrected chi connectivity index (χ3v) is 4.79. The summed E-state index contributed by atoms with van der Waals surface area (Å²) in [5, 5.41) is 4.97. The van der Waals surface area contributed by atoms with Crippen LogP contribution in [0.15, 0.2) is 24.4 Å². The number of aromatic amines is 1. The second-order valence-corrected chi connectivity index (χ2v) is 7.06. The molecule has 2 aromatic rings. The molecular weight excluding hydrogens is 284 g/mol. The van der Waals surface area contributed by atoms with E-state index in [4.69, 9.17) is 11.6 Å². The number of nitrogens with one attached hydrogen (secondary N) is 2. The van der Waals surface area contributed by atoms with Crippen LogP contribution in [-0.2, 0) is 10.2 Å². The van der Waals surface area contributed by atoms with Crippen LogP contribution >= 0.6 is 11.6 Å². The van der Waals surface area contributed by atoms with Gasteiger partial charge >= 0.3 is 0 Å². The monoisotopic (exact) mass is 304 g/mol. The Balaban J connectivity index is 1.78. The van der Waals surface area contributed by atoms with Gasteiger partial charge in [-0.15, -0.1) is 0 Å². The minimum Gasteiger partial charge on any atom is -0.361 e. The second-order valence-electron chi connectivity index (χ2n) is 6.62. The summed E-state index contributed by atoms with van der Waals surface area (Å²) in [4.78, 5) is 15.3. The van der Waals surface area contributed by atoms with Crippen LogP contribution in [0.4, 0.5) is 0 Å². The number of H-pyrrole nitrogens is 1. The maximum atomic E-state index is 12.0. The first kappa shape index (κ1) is 14.5. The van der Waals surface area contributed by atoms with Crippen molar-refractivity contribution in [2.45, 2.75) is 38.5 Å². The smallest absolute Gasteiger partial charge is 0.223 e. The molecule has 1 aliphatic carbocycles. The van der Waals surface area contributed by atoms with Gasteiger partial charge in [-0.05, 0) is 36.6 Å². The zero-order valence-electron chi connectivity index (χ0n) is 12.5.